The monoisotopic (exact) mass is 391 g/mol. The summed E-state index contributed by atoms with van der Waals surface area (Å²) in [7, 11) is 3.60. The van der Waals surface area contributed by atoms with Crippen molar-refractivity contribution in [2.24, 2.45) is 0 Å². The molecular formula is C19H19Cl2N3O2. The predicted molar refractivity (Wildman–Crippen MR) is 103 cm³/mol. The highest BCUT2D eigenvalue weighted by atomic mass is 35.5. The molecule has 5 nitrogen and oxygen atoms in total. The molecule has 0 fully saturated rings. The minimum absolute atomic E-state index is 0.0791. The minimum atomic E-state index is -0.0791. The van der Waals surface area contributed by atoms with E-state index in [9.17, 15) is 0 Å². The highest BCUT2D eigenvalue weighted by Gasteiger charge is 2.20. The lowest BCUT2D eigenvalue weighted by Gasteiger charge is -2.22. The van der Waals surface area contributed by atoms with Gasteiger partial charge in [0.05, 0.1) is 23.2 Å². The van der Waals surface area contributed by atoms with E-state index in [0.29, 0.717) is 28.4 Å². The molecule has 1 unspecified atom stereocenters. The van der Waals surface area contributed by atoms with E-state index in [2.05, 4.69) is 15.1 Å². The molecule has 0 saturated heterocycles. The van der Waals surface area contributed by atoms with Gasteiger partial charge in [-0.2, -0.15) is 0 Å². The summed E-state index contributed by atoms with van der Waals surface area (Å²) >= 11 is 12.4. The van der Waals surface area contributed by atoms with Crippen LogP contribution in [-0.4, -0.2) is 29.3 Å². The summed E-state index contributed by atoms with van der Waals surface area (Å²) in [5.74, 6) is 1.79. The van der Waals surface area contributed by atoms with E-state index in [1.54, 1.807) is 13.2 Å². The highest BCUT2D eigenvalue weighted by molar-refractivity contribution is 6.42. The number of hydrogen-bond donors (Lipinski definition) is 0. The van der Waals surface area contributed by atoms with Gasteiger partial charge in [0.1, 0.15) is 5.75 Å². The van der Waals surface area contributed by atoms with Crippen LogP contribution in [0.25, 0.3) is 11.5 Å². The van der Waals surface area contributed by atoms with Crippen molar-refractivity contribution in [2.75, 3.05) is 14.2 Å². The maximum absolute atomic E-state index is 6.28. The molecule has 3 aromatic rings. The standard InChI is InChI=1S/C19H19Cl2N3O2/c1-12(24(2)11-14-5-4-6-16(20)17(14)21)18-22-23-19(26-18)13-7-9-15(25-3)10-8-13/h4-10,12H,11H2,1-3H3. The third-order valence-corrected chi connectivity index (χ3v) is 5.11. The van der Waals surface area contributed by atoms with Gasteiger partial charge in [0.15, 0.2) is 0 Å². The van der Waals surface area contributed by atoms with Crippen LogP contribution >= 0.6 is 23.2 Å². The molecule has 0 spiro atoms. The van der Waals surface area contributed by atoms with Crippen LogP contribution in [0.15, 0.2) is 46.9 Å². The molecule has 1 heterocycles. The predicted octanol–water partition coefficient (Wildman–Crippen LogP) is 5.25. The fourth-order valence-electron chi connectivity index (χ4n) is 2.52. The van der Waals surface area contributed by atoms with Crippen LogP contribution in [0.2, 0.25) is 10.0 Å². The van der Waals surface area contributed by atoms with Crippen molar-refractivity contribution in [3.63, 3.8) is 0 Å². The van der Waals surface area contributed by atoms with Gasteiger partial charge in [-0.1, -0.05) is 35.3 Å². The lowest BCUT2D eigenvalue weighted by Crippen LogP contribution is -2.22. The van der Waals surface area contributed by atoms with Crippen LogP contribution in [-0.2, 0) is 6.54 Å². The Labute approximate surface area is 162 Å². The number of benzene rings is 2. The summed E-state index contributed by atoms with van der Waals surface area (Å²) in [5.41, 5.74) is 1.79. The van der Waals surface area contributed by atoms with Crippen LogP contribution in [0, 0.1) is 0 Å². The van der Waals surface area contributed by atoms with Gasteiger partial charge in [-0.15, -0.1) is 10.2 Å². The van der Waals surface area contributed by atoms with Gasteiger partial charge in [0.2, 0.25) is 11.8 Å². The molecule has 7 heteroatoms. The molecule has 136 valence electrons. The number of ether oxygens (including phenoxy) is 1. The van der Waals surface area contributed by atoms with Crippen molar-refractivity contribution in [1.82, 2.24) is 15.1 Å². The number of rotatable bonds is 6. The average molecular weight is 392 g/mol. The SMILES string of the molecule is COc1ccc(-c2nnc(C(C)N(C)Cc3cccc(Cl)c3Cl)o2)cc1. The first kappa shape index (κ1) is 18.7. The molecule has 0 aliphatic rings. The number of nitrogens with zero attached hydrogens (tertiary/aromatic N) is 3. The Bertz CT molecular complexity index is 881. The third kappa shape index (κ3) is 4.01. The number of halogens is 2. The van der Waals surface area contributed by atoms with E-state index < -0.39 is 0 Å². The van der Waals surface area contributed by atoms with E-state index >= 15 is 0 Å². The van der Waals surface area contributed by atoms with Gasteiger partial charge >= 0.3 is 0 Å². The number of hydrogen-bond acceptors (Lipinski definition) is 5. The first-order chi connectivity index (χ1) is 12.5. The van der Waals surface area contributed by atoms with Crippen molar-refractivity contribution in [1.29, 1.82) is 0 Å². The maximum Gasteiger partial charge on any atom is 0.247 e. The Hall–Kier alpha value is -2.08. The van der Waals surface area contributed by atoms with Crippen molar-refractivity contribution < 1.29 is 9.15 Å². The number of aromatic nitrogens is 2. The second-order valence-corrected chi connectivity index (χ2v) is 6.76. The van der Waals surface area contributed by atoms with Crippen LogP contribution in [0.1, 0.15) is 24.4 Å². The van der Waals surface area contributed by atoms with E-state index in [1.165, 1.54) is 0 Å². The van der Waals surface area contributed by atoms with Crippen molar-refractivity contribution in [3.05, 3.63) is 64.0 Å². The Morgan fingerprint density at radius 3 is 2.54 bits per heavy atom. The Morgan fingerprint density at radius 1 is 1.12 bits per heavy atom. The normalized spacial score (nSPS) is 12.4. The van der Waals surface area contributed by atoms with Crippen LogP contribution in [0.3, 0.4) is 0 Å². The van der Waals surface area contributed by atoms with Crippen molar-refractivity contribution >= 4 is 23.2 Å². The molecule has 2 aromatic carbocycles. The zero-order valence-corrected chi connectivity index (χ0v) is 16.3. The van der Waals surface area contributed by atoms with Crippen LogP contribution < -0.4 is 4.74 Å². The third-order valence-electron chi connectivity index (χ3n) is 4.25. The van der Waals surface area contributed by atoms with E-state index in [1.807, 2.05) is 50.4 Å². The summed E-state index contributed by atoms with van der Waals surface area (Å²) in [6.45, 7) is 2.62. The van der Waals surface area contributed by atoms with Gasteiger partial charge < -0.3 is 9.15 Å². The molecule has 1 aromatic heterocycles. The molecule has 0 radical (unpaired) electrons. The largest absolute Gasteiger partial charge is 0.497 e. The molecular weight excluding hydrogens is 373 g/mol. The van der Waals surface area contributed by atoms with Gasteiger partial charge in [0, 0.05) is 12.1 Å². The molecule has 26 heavy (non-hydrogen) atoms. The van der Waals surface area contributed by atoms with Crippen molar-refractivity contribution in [3.8, 4) is 17.2 Å². The maximum atomic E-state index is 6.28. The number of methoxy groups -OCH3 is 1. The molecule has 0 bridgehead atoms. The fraction of sp³-hybridized carbons (Fsp3) is 0.263. The van der Waals surface area contributed by atoms with Crippen molar-refractivity contribution in [2.45, 2.75) is 19.5 Å². The first-order valence-corrected chi connectivity index (χ1v) is 8.86. The van der Waals surface area contributed by atoms with Gasteiger partial charge in [-0.3, -0.25) is 4.90 Å². The molecule has 3 rings (SSSR count). The molecule has 0 amide bonds. The van der Waals surface area contributed by atoms with Gasteiger partial charge in [-0.25, -0.2) is 0 Å². The van der Waals surface area contributed by atoms with E-state index in [-0.39, 0.29) is 6.04 Å². The summed E-state index contributed by atoms with van der Waals surface area (Å²) in [4.78, 5) is 2.07. The summed E-state index contributed by atoms with van der Waals surface area (Å²) < 4.78 is 11.0. The molecule has 0 aliphatic carbocycles. The smallest absolute Gasteiger partial charge is 0.247 e. The van der Waals surface area contributed by atoms with E-state index in [0.717, 1.165) is 16.9 Å². The summed E-state index contributed by atoms with van der Waals surface area (Å²) in [6.07, 6.45) is 0. The Kier molecular flexibility index (Phi) is 5.81. The van der Waals surface area contributed by atoms with Crippen LogP contribution in [0.4, 0.5) is 0 Å². The Balaban J connectivity index is 1.74. The molecule has 0 N–H and O–H groups in total. The molecule has 0 saturated carbocycles. The van der Waals surface area contributed by atoms with Crippen LogP contribution in [0.5, 0.6) is 5.75 Å². The second kappa shape index (κ2) is 8.08. The Morgan fingerprint density at radius 2 is 1.85 bits per heavy atom. The van der Waals surface area contributed by atoms with Gasteiger partial charge in [0.25, 0.3) is 0 Å². The van der Waals surface area contributed by atoms with E-state index in [4.69, 9.17) is 32.4 Å². The fourth-order valence-corrected chi connectivity index (χ4v) is 2.90. The lowest BCUT2D eigenvalue weighted by atomic mass is 10.2. The summed E-state index contributed by atoms with van der Waals surface area (Å²) in [5, 5.41) is 9.46. The molecule has 1 atom stereocenters. The average Bonchev–Trinajstić information content (AvgIpc) is 3.15. The quantitative estimate of drug-likeness (QED) is 0.574. The zero-order chi connectivity index (χ0) is 18.7. The summed E-state index contributed by atoms with van der Waals surface area (Å²) in [6, 6.07) is 13.0. The lowest BCUT2D eigenvalue weighted by molar-refractivity contribution is 0.218. The minimum Gasteiger partial charge on any atom is -0.497 e. The second-order valence-electron chi connectivity index (χ2n) is 5.98. The van der Waals surface area contributed by atoms with Gasteiger partial charge in [-0.05, 0) is 49.9 Å². The molecule has 0 aliphatic heterocycles. The highest BCUT2D eigenvalue weighted by Crippen LogP contribution is 2.29. The topological polar surface area (TPSA) is 51.4 Å². The first-order valence-electron chi connectivity index (χ1n) is 8.10. The zero-order valence-electron chi connectivity index (χ0n) is 14.7.